The molecule has 1 saturated heterocycles. The summed E-state index contributed by atoms with van der Waals surface area (Å²) in [6, 6.07) is 10.6. The SMILES string of the molecule is O=C(Nc1ccc(S(=O)(=O)N2CCN(c3cc(C(F)(F)F)cc(Cl)n3)CC2)cc1)c1cccnc1. The summed E-state index contributed by atoms with van der Waals surface area (Å²) >= 11 is 5.76. The quantitative estimate of drug-likeness (QED) is 0.507. The third kappa shape index (κ3) is 5.72. The zero-order chi connectivity index (χ0) is 25.2. The first-order valence-corrected chi connectivity index (χ1v) is 12.2. The fraction of sp³-hybridized carbons (Fsp3) is 0.227. The molecular weight excluding hydrogens is 507 g/mol. The van der Waals surface area contributed by atoms with Crippen molar-refractivity contribution in [3.63, 3.8) is 0 Å². The van der Waals surface area contributed by atoms with Crippen LogP contribution in [0, 0.1) is 0 Å². The van der Waals surface area contributed by atoms with E-state index in [1.54, 1.807) is 23.2 Å². The molecule has 4 rings (SSSR count). The average molecular weight is 526 g/mol. The summed E-state index contributed by atoms with van der Waals surface area (Å²) in [4.78, 5) is 21.7. The molecule has 184 valence electrons. The van der Waals surface area contributed by atoms with Crippen molar-refractivity contribution in [3.8, 4) is 0 Å². The molecule has 8 nitrogen and oxygen atoms in total. The van der Waals surface area contributed by atoms with E-state index < -0.39 is 21.8 Å². The second kappa shape index (κ2) is 9.80. The van der Waals surface area contributed by atoms with Gasteiger partial charge in [0.2, 0.25) is 10.0 Å². The fourth-order valence-electron chi connectivity index (χ4n) is 3.53. The number of hydrogen-bond donors (Lipinski definition) is 1. The number of carbonyl (C=O) groups excluding carboxylic acids is 1. The van der Waals surface area contributed by atoms with Crippen LogP contribution in [-0.2, 0) is 16.2 Å². The molecule has 1 aliphatic rings. The minimum atomic E-state index is -4.57. The number of hydrogen-bond acceptors (Lipinski definition) is 6. The van der Waals surface area contributed by atoms with Crippen molar-refractivity contribution in [2.75, 3.05) is 36.4 Å². The Balaban J connectivity index is 1.42. The minimum Gasteiger partial charge on any atom is -0.354 e. The number of nitrogens with zero attached hydrogens (tertiary/aromatic N) is 4. The molecule has 1 N–H and O–H groups in total. The molecule has 1 aromatic carbocycles. The predicted molar refractivity (Wildman–Crippen MR) is 124 cm³/mol. The number of aromatic nitrogens is 2. The number of benzene rings is 1. The van der Waals surface area contributed by atoms with E-state index in [1.807, 2.05) is 0 Å². The number of rotatable bonds is 5. The Bertz CT molecular complexity index is 1310. The second-order valence-electron chi connectivity index (χ2n) is 7.65. The molecule has 0 spiro atoms. The standard InChI is InChI=1S/C22H19ClF3N5O3S/c23-19-12-16(22(24,25)26)13-20(29-19)30-8-10-31(11-9-30)35(33,34)18-5-3-17(4-6-18)28-21(32)15-2-1-7-27-14-15/h1-7,12-14H,8-11H2,(H,28,32). The maximum Gasteiger partial charge on any atom is 0.416 e. The van der Waals surface area contributed by atoms with E-state index in [1.165, 1.54) is 34.8 Å². The molecule has 1 amide bonds. The van der Waals surface area contributed by atoms with Crippen molar-refractivity contribution in [2.45, 2.75) is 11.1 Å². The molecule has 0 bridgehead atoms. The van der Waals surface area contributed by atoms with Gasteiger partial charge in [-0.2, -0.15) is 17.5 Å². The molecule has 1 aliphatic heterocycles. The average Bonchev–Trinajstić information content (AvgIpc) is 2.84. The molecule has 13 heteroatoms. The summed E-state index contributed by atoms with van der Waals surface area (Å²) in [6.45, 7) is 0.390. The molecule has 0 unspecified atom stereocenters. The van der Waals surface area contributed by atoms with Crippen LogP contribution in [0.15, 0.2) is 65.8 Å². The van der Waals surface area contributed by atoms with Gasteiger partial charge in [0, 0.05) is 44.3 Å². The number of amides is 1. The lowest BCUT2D eigenvalue weighted by Crippen LogP contribution is -2.49. The van der Waals surface area contributed by atoms with Crippen molar-refractivity contribution < 1.29 is 26.4 Å². The zero-order valence-electron chi connectivity index (χ0n) is 18.0. The topological polar surface area (TPSA) is 95.5 Å². The number of piperazine rings is 1. The van der Waals surface area contributed by atoms with E-state index in [0.29, 0.717) is 11.3 Å². The third-order valence-corrected chi connectivity index (χ3v) is 7.45. The number of halogens is 4. The maximum absolute atomic E-state index is 13.1. The molecule has 0 saturated carbocycles. The van der Waals surface area contributed by atoms with Gasteiger partial charge < -0.3 is 10.2 Å². The first kappa shape index (κ1) is 24.9. The lowest BCUT2D eigenvalue weighted by molar-refractivity contribution is -0.137. The van der Waals surface area contributed by atoms with Crippen LogP contribution in [-0.4, -0.2) is 54.8 Å². The fourth-order valence-corrected chi connectivity index (χ4v) is 5.15. The van der Waals surface area contributed by atoms with Gasteiger partial charge in [0.1, 0.15) is 11.0 Å². The van der Waals surface area contributed by atoms with Gasteiger partial charge in [0.25, 0.3) is 5.91 Å². The van der Waals surface area contributed by atoms with Crippen molar-refractivity contribution in [2.24, 2.45) is 0 Å². The van der Waals surface area contributed by atoms with Crippen LogP contribution in [0.3, 0.4) is 0 Å². The Morgan fingerprint density at radius 3 is 2.31 bits per heavy atom. The number of pyridine rings is 2. The van der Waals surface area contributed by atoms with Gasteiger partial charge in [-0.05, 0) is 48.5 Å². The number of alkyl halides is 3. The molecule has 1 fully saturated rings. The van der Waals surface area contributed by atoms with E-state index in [-0.39, 0.29) is 48.0 Å². The molecule has 0 atom stereocenters. The van der Waals surface area contributed by atoms with E-state index in [9.17, 15) is 26.4 Å². The highest BCUT2D eigenvalue weighted by Gasteiger charge is 2.33. The Labute approximate surface area is 204 Å². The van der Waals surface area contributed by atoms with E-state index in [0.717, 1.165) is 12.1 Å². The van der Waals surface area contributed by atoms with Crippen LogP contribution >= 0.6 is 11.6 Å². The first-order chi connectivity index (χ1) is 16.5. The van der Waals surface area contributed by atoms with Crippen molar-refractivity contribution in [3.05, 3.63) is 77.2 Å². The molecular formula is C22H19ClF3N5O3S. The van der Waals surface area contributed by atoms with Gasteiger partial charge in [-0.3, -0.25) is 9.78 Å². The molecule has 0 aliphatic carbocycles. The van der Waals surface area contributed by atoms with Crippen molar-refractivity contribution in [1.82, 2.24) is 14.3 Å². The largest absolute Gasteiger partial charge is 0.416 e. The van der Waals surface area contributed by atoms with Crippen LogP contribution < -0.4 is 10.2 Å². The van der Waals surface area contributed by atoms with E-state index in [2.05, 4.69) is 15.3 Å². The van der Waals surface area contributed by atoms with Crippen LogP contribution in [0.1, 0.15) is 15.9 Å². The highest BCUT2D eigenvalue weighted by Crippen LogP contribution is 2.33. The van der Waals surface area contributed by atoms with Crippen molar-refractivity contribution >= 4 is 39.0 Å². The number of nitrogens with one attached hydrogen (secondary N) is 1. The van der Waals surface area contributed by atoms with Crippen molar-refractivity contribution in [1.29, 1.82) is 0 Å². The van der Waals surface area contributed by atoms with E-state index in [4.69, 9.17) is 11.6 Å². The molecule has 2 aromatic heterocycles. The summed E-state index contributed by atoms with van der Waals surface area (Å²) < 4.78 is 66.6. The Kier molecular flexibility index (Phi) is 6.97. The highest BCUT2D eigenvalue weighted by molar-refractivity contribution is 7.89. The van der Waals surface area contributed by atoms with E-state index >= 15 is 0 Å². The zero-order valence-corrected chi connectivity index (χ0v) is 19.6. The van der Waals surface area contributed by atoms with Gasteiger partial charge in [-0.25, -0.2) is 13.4 Å². The Morgan fingerprint density at radius 2 is 1.71 bits per heavy atom. The summed E-state index contributed by atoms with van der Waals surface area (Å²) in [7, 11) is -3.85. The first-order valence-electron chi connectivity index (χ1n) is 10.4. The van der Waals surface area contributed by atoms with Gasteiger partial charge in [-0.15, -0.1) is 0 Å². The Morgan fingerprint density at radius 1 is 1.03 bits per heavy atom. The predicted octanol–water partition coefficient (Wildman–Crippen LogP) is 3.91. The third-order valence-electron chi connectivity index (χ3n) is 5.34. The summed E-state index contributed by atoms with van der Waals surface area (Å²) in [5, 5.41) is 2.38. The van der Waals surface area contributed by atoms with Crippen LogP contribution in [0.2, 0.25) is 5.15 Å². The second-order valence-corrected chi connectivity index (χ2v) is 9.97. The molecule has 3 aromatic rings. The number of anilines is 2. The lowest BCUT2D eigenvalue weighted by atomic mass is 10.2. The smallest absolute Gasteiger partial charge is 0.354 e. The summed E-state index contributed by atoms with van der Waals surface area (Å²) in [5.41, 5.74) is -0.146. The normalized spacial score (nSPS) is 15.1. The summed E-state index contributed by atoms with van der Waals surface area (Å²) in [5.74, 6) is -0.344. The minimum absolute atomic E-state index is 0.0329. The maximum atomic E-state index is 13.1. The van der Waals surface area contributed by atoms with Gasteiger partial charge >= 0.3 is 6.18 Å². The van der Waals surface area contributed by atoms with Gasteiger partial charge in [0.05, 0.1) is 16.0 Å². The number of sulfonamides is 1. The number of carbonyl (C=O) groups is 1. The highest BCUT2D eigenvalue weighted by atomic mass is 35.5. The monoisotopic (exact) mass is 525 g/mol. The van der Waals surface area contributed by atoms with Crippen LogP contribution in [0.25, 0.3) is 0 Å². The summed E-state index contributed by atoms with van der Waals surface area (Å²) in [6.07, 6.45) is -1.62. The van der Waals surface area contributed by atoms with Crippen LogP contribution in [0.5, 0.6) is 0 Å². The molecule has 3 heterocycles. The Hall–Kier alpha value is -3.22. The van der Waals surface area contributed by atoms with Gasteiger partial charge in [-0.1, -0.05) is 11.6 Å². The molecule has 0 radical (unpaired) electrons. The lowest BCUT2D eigenvalue weighted by Gasteiger charge is -2.35. The van der Waals surface area contributed by atoms with Crippen LogP contribution in [0.4, 0.5) is 24.7 Å². The van der Waals surface area contributed by atoms with Gasteiger partial charge in [0.15, 0.2) is 0 Å². The molecule has 35 heavy (non-hydrogen) atoms.